The van der Waals surface area contributed by atoms with Crippen molar-refractivity contribution in [1.29, 1.82) is 0 Å². The van der Waals surface area contributed by atoms with Crippen LogP contribution in [0.4, 0.5) is 8.78 Å². The van der Waals surface area contributed by atoms with Crippen molar-refractivity contribution in [1.82, 2.24) is 16.0 Å². The Morgan fingerprint density at radius 2 is 1.78 bits per heavy atom. The predicted octanol–water partition coefficient (Wildman–Crippen LogP) is 4.48. The fourth-order valence-electron chi connectivity index (χ4n) is 4.08. The van der Waals surface area contributed by atoms with Crippen molar-refractivity contribution in [2.45, 2.75) is 51.2 Å². The summed E-state index contributed by atoms with van der Waals surface area (Å²) in [4.78, 5) is 4.85. The molecule has 3 rings (SSSR count). The van der Waals surface area contributed by atoms with Gasteiger partial charge in [-0.15, -0.1) is 0 Å². The standard InChI is InChI=1S/C25H34F2N4O/c1-4-28-24(30-19(3)22-11-10-21(26)16-23(22)27)29-17-25(12-14-32-15-13-25)31-18(2)20-8-6-5-7-9-20/h5-11,16,18-19,31H,4,12-15,17H2,1-3H3,(H2,28,29,30). The molecule has 0 radical (unpaired) electrons. The lowest BCUT2D eigenvalue weighted by Gasteiger charge is -2.39. The molecule has 5 nitrogen and oxygen atoms in total. The molecule has 2 atom stereocenters. The number of halogens is 2. The van der Waals surface area contributed by atoms with Crippen molar-refractivity contribution in [2.24, 2.45) is 4.99 Å². The second-order valence-corrected chi connectivity index (χ2v) is 8.40. The van der Waals surface area contributed by atoms with E-state index in [0.717, 1.165) is 18.9 Å². The summed E-state index contributed by atoms with van der Waals surface area (Å²) < 4.78 is 33.1. The molecule has 7 heteroatoms. The van der Waals surface area contributed by atoms with Crippen molar-refractivity contribution < 1.29 is 13.5 Å². The highest BCUT2D eigenvalue weighted by molar-refractivity contribution is 5.80. The average Bonchev–Trinajstić information content (AvgIpc) is 2.79. The molecule has 0 aromatic heterocycles. The van der Waals surface area contributed by atoms with Gasteiger partial charge in [-0.25, -0.2) is 8.78 Å². The van der Waals surface area contributed by atoms with E-state index in [0.29, 0.717) is 37.8 Å². The number of rotatable bonds is 8. The quantitative estimate of drug-likeness (QED) is 0.415. The molecule has 32 heavy (non-hydrogen) atoms. The van der Waals surface area contributed by atoms with Gasteiger partial charge in [0.25, 0.3) is 0 Å². The van der Waals surface area contributed by atoms with E-state index in [1.165, 1.54) is 17.7 Å². The Morgan fingerprint density at radius 3 is 2.44 bits per heavy atom. The zero-order valence-corrected chi connectivity index (χ0v) is 19.1. The highest BCUT2D eigenvalue weighted by Gasteiger charge is 2.34. The first-order chi connectivity index (χ1) is 15.4. The van der Waals surface area contributed by atoms with Crippen molar-refractivity contribution in [2.75, 3.05) is 26.3 Å². The molecule has 0 spiro atoms. The maximum atomic E-state index is 14.2. The van der Waals surface area contributed by atoms with Gasteiger partial charge in [-0.3, -0.25) is 4.99 Å². The van der Waals surface area contributed by atoms with E-state index in [4.69, 9.17) is 9.73 Å². The molecule has 2 aromatic carbocycles. The number of hydrogen-bond donors (Lipinski definition) is 3. The van der Waals surface area contributed by atoms with Crippen LogP contribution in [0.1, 0.15) is 56.8 Å². The summed E-state index contributed by atoms with van der Waals surface area (Å²) >= 11 is 0. The second-order valence-electron chi connectivity index (χ2n) is 8.40. The number of benzene rings is 2. The number of ether oxygens (including phenoxy) is 1. The van der Waals surface area contributed by atoms with Crippen LogP contribution in [0.3, 0.4) is 0 Å². The Labute approximate surface area is 189 Å². The third kappa shape index (κ3) is 6.50. The van der Waals surface area contributed by atoms with Gasteiger partial charge in [0.15, 0.2) is 5.96 Å². The molecule has 1 saturated heterocycles. The summed E-state index contributed by atoms with van der Waals surface area (Å²) in [6.07, 6.45) is 1.71. The van der Waals surface area contributed by atoms with Gasteiger partial charge in [0.2, 0.25) is 0 Å². The SMILES string of the molecule is CCNC(=NCC1(NC(C)c2ccccc2)CCOCC1)NC(C)c1ccc(F)cc1F. The van der Waals surface area contributed by atoms with Crippen LogP contribution in [0.15, 0.2) is 53.5 Å². The van der Waals surface area contributed by atoms with E-state index in [1.54, 1.807) is 0 Å². The van der Waals surface area contributed by atoms with Crippen LogP contribution in [-0.2, 0) is 4.74 Å². The highest BCUT2D eigenvalue weighted by Crippen LogP contribution is 2.26. The Morgan fingerprint density at radius 1 is 1.06 bits per heavy atom. The van der Waals surface area contributed by atoms with Gasteiger partial charge in [0.1, 0.15) is 11.6 Å². The lowest BCUT2D eigenvalue weighted by Crippen LogP contribution is -2.53. The first kappa shape index (κ1) is 24.1. The number of aliphatic imine (C=N–C) groups is 1. The smallest absolute Gasteiger partial charge is 0.191 e. The lowest BCUT2D eigenvalue weighted by atomic mass is 9.88. The third-order valence-electron chi connectivity index (χ3n) is 5.94. The van der Waals surface area contributed by atoms with Crippen molar-refractivity contribution in [3.8, 4) is 0 Å². The van der Waals surface area contributed by atoms with Crippen molar-refractivity contribution in [3.05, 3.63) is 71.3 Å². The number of hydrogen-bond acceptors (Lipinski definition) is 3. The minimum Gasteiger partial charge on any atom is -0.381 e. The Bertz CT molecular complexity index is 885. The molecule has 1 aliphatic heterocycles. The minimum atomic E-state index is -0.584. The Kier molecular flexibility index (Phi) is 8.59. The molecule has 3 N–H and O–H groups in total. The summed E-state index contributed by atoms with van der Waals surface area (Å²) in [5, 5.41) is 10.3. The monoisotopic (exact) mass is 444 g/mol. The van der Waals surface area contributed by atoms with E-state index >= 15 is 0 Å². The molecule has 0 bridgehead atoms. The fourth-order valence-corrected chi connectivity index (χ4v) is 4.08. The van der Waals surface area contributed by atoms with Gasteiger partial charge in [-0.2, -0.15) is 0 Å². The molecular formula is C25H34F2N4O. The number of nitrogens with zero attached hydrogens (tertiary/aromatic N) is 1. The second kappa shape index (κ2) is 11.4. The summed E-state index contributed by atoms with van der Waals surface area (Å²) in [6, 6.07) is 13.8. The van der Waals surface area contributed by atoms with E-state index in [9.17, 15) is 8.78 Å². The van der Waals surface area contributed by atoms with Crippen LogP contribution in [0.2, 0.25) is 0 Å². The molecule has 1 aliphatic rings. The normalized spacial score (nSPS) is 18.1. The summed E-state index contributed by atoms with van der Waals surface area (Å²) in [5.74, 6) is -0.553. The first-order valence-electron chi connectivity index (χ1n) is 11.3. The van der Waals surface area contributed by atoms with Crippen LogP contribution in [0, 0.1) is 11.6 Å². The predicted molar refractivity (Wildman–Crippen MR) is 125 cm³/mol. The van der Waals surface area contributed by atoms with Crippen molar-refractivity contribution in [3.63, 3.8) is 0 Å². The van der Waals surface area contributed by atoms with Gasteiger partial charge in [0, 0.05) is 43.0 Å². The van der Waals surface area contributed by atoms with Crippen LogP contribution in [-0.4, -0.2) is 37.8 Å². The van der Waals surface area contributed by atoms with Gasteiger partial charge in [-0.1, -0.05) is 36.4 Å². The first-order valence-corrected chi connectivity index (χ1v) is 11.3. The van der Waals surface area contributed by atoms with Gasteiger partial charge in [-0.05, 0) is 45.2 Å². The lowest BCUT2D eigenvalue weighted by molar-refractivity contribution is 0.0374. The molecule has 174 valence electrons. The zero-order chi connectivity index (χ0) is 23.0. The molecule has 1 heterocycles. The average molecular weight is 445 g/mol. The van der Waals surface area contributed by atoms with Crippen LogP contribution in [0.25, 0.3) is 0 Å². The molecule has 1 fully saturated rings. The summed E-state index contributed by atoms with van der Waals surface area (Å²) in [7, 11) is 0. The van der Waals surface area contributed by atoms with E-state index in [-0.39, 0.29) is 17.6 Å². The van der Waals surface area contributed by atoms with E-state index in [2.05, 4.69) is 35.0 Å². The van der Waals surface area contributed by atoms with Crippen molar-refractivity contribution >= 4 is 5.96 Å². The van der Waals surface area contributed by atoms with Crippen LogP contribution >= 0.6 is 0 Å². The van der Waals surface area contributed by atoms with E-state index < -0.39 is 11.6 Å². The molecule has 0 saturated carbocycles. The summed E-state index contributed by atoms with van der Waals surface area (Å²) in [6.45, 7) is 8.59. The molecule has 2 aromatic rings. The maximum absolute atomic E-state index is 14.2. The highest BCUT2D eigenvalue weighted by atomic mass is 19.1. The maximum Gasteiger partial charge on any atom is 0.191 e. The van der Waals surface area contributed by atoms with Gasteiger partial charge < -0.3 is 20.7 Å². The largest absolute Gasteiger partial charge is 0.381 e. The fraction of sp³-hybridized carbons (Fsp3) is 0.480. The van der Waals surface area contributed by atoms with Crippen LogP contribution < -0.4 is 16.0 Å². The summed E-state index contributed by atoms with van der Waals surface area (Å²) in [5.41, 5.74) is 1.43. The molecule has 0 amide bonds. The van der Waals surface area contributed by atoms with Gasteiger partial charge in [0.05, 0.1) is 12.6 Å². The topological polar surface area (TPSA) is 57.7 Å². The minimum absolute atomic E-state index is 0.173. The molecule has 0 aliphatic carbocycles. The van der Waals surface area contributed by atoms with Gasteiger partial charge >= 0.3 is 0 Å². The Hall–Kier alpha value is -2.51. The number of guanidine groups is 1. The molecular weight excluding hydrogens is 410 g/mol. The van der Waals surface area contributed by atoms with E-state index in [1.807, 2.05) is 32.0 Å². The van der Waals surface area contributed by atoms with Crippen LogP contribution in [0.5, 0.6) is 0 Å². The molecule has 2 unspecified atom stereocenters. The Balaban J connectivity index is 1.74. The third-order valence-corrected chi connectivity index (χ3v) is 5.94. The number of nitrogens with one attached hydrogen (secondary N) is 3. The zero-order valence-electron chi connectivity index (χ0n) is 19.1.